The first-order chi connectivity index (χ1) is 10.1. The van der Waals surface area contributed by atoms with E-state index in [2.05, 4.69) is 36.1 Å². The van der Waals surface area contributed by atoms with Gasteiger partial charge in [0.2, 0.25) is 0 Å². The van der Waals surface area contributed by atoms with E-state index in [1.807, 2.05) is 7.05 Å². The minimum atomic E-state index is -0.441. The first kappa shape index (κ1) is 16.4. The molecule has 0 bridgehead atoms. The molecule has 0 saturated carbocycles. The molecule has 1 fully saturated rings. The van der Waals surface area contributed by atoms with Gasteiger partial charge in [0.05, 0.1) is 18.8 Å². The predicted molar refractivity (Wildman–Crippen MR) is 83.3 cm³/mol. The van der Waals surface area contributed by atoms with Gasteiger partial charge in [0, 0.05) is 26.3 Å². The lowest BCUT2D eigenvalue weighted by Crippen LogP contribution is -2.34. The van der Waals surface area contributed by atoms with Crippen LogP contribution in [0.15, 0.2) is 24.3 Å². The molecular weight excluding hydrogens is 266 g/mol. The van der Waals surface area contributed by atoms with Crippen molar-refractivity contribution >= 4 is 0 Å². The largest absolute Gasteiger partial charge is 0.389 e. The van der Waals surface area contributed by atoms with Gasteiger partial charge in [-0.15, -0.1) is 0 Å². The number of benzene rings is 1. The first-order valence-electron chi connectivity index (χ1n) is 7.75. The Hall–Kier alpha value is -0.940. The molecule has 1 saturated heterocycles. The smallest absolute Gasteiger partial charge is 0.0900 e. The maximum Gasteiger partial charge on any atom is 0.0900 e. The zero-order valence-corrected chi connectivity index (χ0v) is 13.1. The molecule has 1 N–H and O–H groups in total. The van der Waals surface area contributed by atoms with Crippen molar-refractivity contribution < 1.29 is 14.6 Å². The van der Waals surface area contributed by atoms with Gasteiger partial charge in [-0.2, -0.15) is 0 Å². The van der Waals surface area contributed by atoms with Crippen LogP contribution in [0.5, 0.6) is 0 Å². The Morgan fingerprint density at radius 2 is 1.95 bits per heavy atom. The molecule has 0 spiro atoms. The summed E-state index contributed by atoms with van der Waals surface area (Å²) in [6.07, 6.45) is 1.68. The summed E-state index contributed by atoms with van der Waals surface area (Å²) >= 11 is 0. The van der Waals surface area contributed by atoms with E-state index in [1.165, 1.54) is 11.1 Å². The Labute approximate surface area is 127 Å². The number of aliphatic hydroxyl groups excluding tert-OH is 1. The second kappa shape index (κ2) is 8.49. The predicted octanol–water partition coefficient (Wildman–Crippen LogP) is 1.98. The number of rotatable bonds is 7. The summed E-state index contributed by atoms with van der Waals surface area (Å²) in [4.78, 5) is 2.13. The lowest BCUT2D eigenvalue weighted by Gasteiger charge is -2.25. The van der Waals surface area contributed by atoms with Crippen molar-refractivity contribution in [3.05, 3.63) is 35.4 Å². The summed E-state index contributed by atoms with van der Waals surface area (Å²) in [7, 11) is 2.03. The van der Waals surface area contributed by atoms with Crippen molar-refractivity contribution in [2.45, 2.75) is 38.5 Å². The summed E-state index contributed by atoms with van der Waals surface area (Å²) in [5, 5.41) is 10.1. The molecule has 0 aromatic heterocycles. The number of aryl methyl sites for hydroxylation is 1. The highest BCUT2D eigenvalue weighted by Gasteiger charge is 2.16. The lowest BCUT2D eigenvalue weighted by molar-refractivity contribution is -0.0634. The Kier molecular flexibility index (Phi) is 6.64. The fourth-order valence-electron chi connectivity index (χ4n) is 2.57. The summed E-state index contributed by atoms with van der Waals surface area (Å²) in [5.74, 6) is 0. The fourth-order valence-corrected chi connectivity index (χ4v) is 2.57. The quantitative estimate of drug-likeness (QED) is 0.835. The van der Waals surface area contributed by atoms with Crippen LogP contribution < -0.4 is 0 Å². The molecule has 0 radical (unpaired) electrons. The second-order valence-corrected chi connectivity index (χ2v) is 5.98. The highest BCUT2D eigenvalue weighted by atomic mass is 16.5. The number of hydrogen-bond acceptors (Lipinski definition) is 4. The summed E-state index contributed by atoms with van der Waals surface area (Å²) in [6, 6.07) is 8.51. The van der Waals surface area contributed by atoms with Crippen molar-refractivity contribution in [3.8, 4) is 0 Å². The molecular formula is C17H27NO3. The maximum atomic E-state index is 10.1. The van der Waals surface area contributed by atoms with E-state index in [0.29, 0.717) is 13.2 Å². The molecule has 2 rings (SSSR count). The molecule has 118 valence electrons. The van der Waals surface area contributed by atoms with Gasteiger partial charge in [-0.3, -0.25) is 4.90 Å². The van der Waals surface area contributed by atoms with E-state index in [0.717, 1.165) is 32.6 Å². The standard InChI is InChI=1S/C17H27NO3/c1-14-3-5-15(6-4-14)11-18(2)12-16(19)13-21-17-7-9-20-10-8-17/h3-6,16-17,19H,7-13H2,1-2H3. The van der Waals surface area contributed by atoms with Gasteiger partial charge in [-0.1, -0.05) is 29.8 Å². The van der Waals surface area contributed by atoms with Crippen molar-refractivity contribution in [1.29, 1.82) is 0 Å². The number of nitrogens with zero attached hydrogens (tertiary/aromatic N) is 1. The van der Waals surface area contributed by atoms with Crippen molar-refractivity contribution in [3.63, 3.8) is 0 Å². The van der Waals surface area contributed by atoms with E-state index >= 15 is 0 Å². The zero-order valence-electron chi connectivity index (χ0n) is 13.1. The van der Waals surface area contributed by atoms with Gasteiger partial charge in [0.25, 0.3) is 0 Å². The molecule has 1 unspecified atom stereocenters. The van der Waals surface area contributed by atoms with Gasteiger partial charge in [-0.25, -0.2) is 0 Å². The van der Waals surface area contributed by atoms with Gasteiger partial charge >= 0.3 is 0 Å². The van der Waals surface area contributed by atoms with Crippen LogP contribution in [0.1, 0.15) is 24.0 Å². The Morgan fingerprint density at radius 3 is 2.62 bits per heavy atom. The third-order valence-corrected chi connectivity index (χ3v) is 3.79. The van der Waals surface area contributed by atoms with Crippen LogP contribution >= 0.6 is 0 Å². The van der Waals surface area contributed by atoms with E-state index < -0.39 is 6.10 Å². The molecule has 0 aliphatic carbocycles. The third kappa shape index (κ3) is 6.14. The topological polar surface area (TPSA) is 41.9 Å². The van der Waals surface area contributed by atoms with Crippen LogP contribution in [0.3, 0.4) is 0 Å². The molecule has 1 aromatic rings. The third-order valence-electron chi connectivity index (χ3n) is 3.79. The molecule has 1 aliphatic heterocycles. The van der Waals surface area contributed by atoms with Crippen LogP contribution in [-0.2, 0) is 16.0 Å². The van der Waals surface area contributed by atoms with Crippen LogP contribution in [0.25, 0.3) is 0 Å². The van der Waals surface area contributed by atoms with E-state index in [1.54, 1.807) is 0 Å². The number of ether oxygens (including phenoxy) is 2. The number of hydrogen-bond donors (Lipinski definition) is 1. The Bertz CT molecular complexity index is 401. The van der Waals surface area contributed by atoms with Crippen molar-refractivity contribution in [1.82, 2.24) is 4.90 Å². The molecule has 21 heavy (non-hydrogen) atoms. The fraction of sp³-hybridized carbons (Fsp3) is 0.647. The normalized spacial score (nSPS) is 18.1. The number of aliphatic hydroxyl groups is 1. The molecule has 4 heteroatoms. The van der Waals surface area contributed by atoms with Crippen molar-refractivity contribution in [2.24, 2.45) is 0 Å². The Morgan fingerprint density at radius 1 is 1.29 bits per heavy atom. The van der Waals surface area contributed by atoms with Gasteiger partial charge in [0.1, 0.15) is 0 Å². The molecule has 1 aliphatic rings. The highest BCUT2D eigenvalue weighted by molar-refractivity contribution is 5.21. The van der Waals surface area contributed by atoms with E-state index in [4.69, 9.17) is 9.47 Å². The number of likely N-dealkylation sites (N-methyl/N-ethyl adjacent to an activating group) is 1. The monoisotopic (exact) mass is 293 g/mol. The molecule has 1 atom stereocenters. The Balaban J connectivity index is 1.66. The van der Waals surface area contributed by atoms with E-state index in [9.17, 15) is 5.11 Å². The van der Waals surface area contributed by atoms with Crippen LogP contribution in [-0.4, -0.2) is 55.6 Å². The first-order valence-corrected chi connectivity index (χ1v) is 7.75. The van der Waals surface area contributed by atoms with Crippen LogP contribution in [0, 0.1) is 6.92 Å². The van der Waals surface area contributed by atoms with Crippen LogP contribution in [0.4, 0.5) is 0 Å². The van der Waals surface area contributed by atoms with E-state index in [-0.39, 0.29) is 6.10 Å². The maximum absolute atomic E-state index is 10.1. The van der Waals surface area contributed by atoms with Crippen LogP contribution in [0.2, 0.25) is 0 Å². The average molecular weight is 293 g/mol. The van der Waals surface area contributed by atoms with Gasteiger partial charge < -0.3 is 14.6 Å². The minimum Gasteiger partial charge on any atom is -0.389 e. The second-order valence-electron chi connectivity index (χ2n) is 5.98. The molecule has 1 heterocycles. The highest BCUT2D eigenvalue weighted by Crippen LogP contribution is 2.11. The van der Waals surface area contributed by atoms with Gasteiger partial charge in [-0.05, 0) is 32.4 Å². The lowest BCUT2D eigenvalue weighted by atomic mass is 10.1. The summed E-state index contributed by atoms with van der Waals surface area (Å²) < 4.78 is 11.0. The van der Waals surface area contributed by atoms with Gasteiger partial charge in [0.15, 0.2) is 0 Å². The van der Waals surface area contributed by atoms with Crippen molar-refractivity contribution in [2.75, 3.05) is 33.4 Å². The molecule has 4 nitrogen and oxygen atoms in total. The minimum absolute atomic E-state index is 0.246. The summed E-state index contributed by atoms with van der Waals surface area (Å²) in [6.45, 7) is 5.50. The summed E-state index contributed by atoms with van der Waals surface area (Å²) in [5.41, 5.74) is 2.53. The molecule has 0 amide bonds. The zero-order chi connectivity index (χ0) is 15.1. The molecule has 1 aromatic carbocycles. The SMILES string of the molecule is Cc1ccc(CN(C)CC(O)COC2CCOCC2)cc1. The average Bonchev–Trinajstić information content (AvgIpc) is 2.48.